The van der Waals surface area contributed by atoms with Crippen LogP contribution in [0.4, 0.5) is 4.79 Å². The number of rotatable bonds is 21. The average Bonchev–Trinajstić information content (AvgIpc) is 3.65. The van der Waals surface area contributed by atoms with Crippen molar-refractivity contribution in [3.8, 4) is 0 Å². The van der Waals surface area contributed by atoms with Crippen LogP contribution in [-0.2, 0) is 38.3 Å². The van der Waals surface area contributed by atoms with Crippen molar-refractivity contribution in [3.63, 3.8) is 0 Å². The standard InChI is InChI=1S/C41H61NO10S/c1-7-9-21-49-41(44)42-26-31(43)24-39-40(47-6)35(27-53(45,46)34-15-11-10-12-16-34)38(52-39)25-37-30(5)28(3)22-33(51-37)17-18-36-29(4)23-32(50-36)14-13-20-48-19-8-2/h8,10-16,28,31-33,35-40,43H,2,4-5,7,9,17-27H2,1,3,6H3,(H,42,44)/b14-13+/t28-,31+,32+,33+,35+,36+,37-,38+,39-,40-/m1/s1. The first-order valence-electron chi connectivity index (χ1n) is 19.0. The first kappa shape index (κ1) is 42.9. The number of unbranched alkanes of at least 4 members (excludes halogenated alkanes) is 1. The predicted molar refractivity (Wildman–Crippen MR) is 204 cm³/mol. The lowest BCUT2D eigenvalue weighted by atomic mass is 9.83. The van der Waals surface area contributed by atoms with E-state index in [2.05, 4.69) is 32.0 Å². The van der Waals surface area contributed by atoms with Gasteiger partial charge < -0.3 is 38.8 Å². The molecule has 53 heavy (non-hydrogen) atoms. The minimum Gasteiger partial charge on any atom is -0.450 e. The number of alkyl carbamates (subject to hydrolysis) is 1. The Kier molecular flexibility index (Phi) is 17.2. The van der Waals surface area contributed by atoms with Gasteiger partial charge in [0.1, 0.15) is 0 Å². The molecule has 0 aromatic heterocycles. The quantitative estimate of drug-likeness (QED) is 0.111. The van der Waals surface area contributed by atoms with Crippen LogP contribution in [0.5, 0.6) is 0 Å². The molecule has 3 aliphatic heterocycles. The van der Waals surface area contributed by atoms with Crippen LogP contribution in [0.3, 0.4) is 0 Å². The van der Waals surface area contributed by atoms with E-state index in [0.717, 1.165) is 49.7 Å². The van der Waals surface area contributed by atoms with Crippen LogP contribution in [-0.4, -0.2) is 108 Å². The molecule has 1 aromatic rings. The highest BCUT2D eigenvalue weighted by Gasteiger charge is 2.49. The lowest BCUT2D eigenvalue weighted by molar-refractivity contribution is -0.0768. The van der Waals surface area contributed by atoms with Crippen molar-refractivity contribution in [2.75, 3.05) is 39.2 Å². The van der Waals surface area contributed by atoms with E-state index in [1.807, 2.05) is 19.1 Å². The fourth-order valence-corrected chi connectivity index (χ4v) is 9.14. The van der Waals surface area contributed by atoms with Gasteiger partial charge in [0.05, 0.1) is 79.3 Å². The van der Waals surface area contributed by atoms with Gasteiger partial charge in [0.15, 0.2) is 9.84 Å². The van der Waals surface area contributed by atoms with E-state index >= 15 is 0 Å². The van der Waals surface area contributed by atoms with E-state index in [9.17, 15) is 18.3 Å². The topological polar surface area (TPSA) is 139 Å². The summed E-state index contributed by atoms with van der Waals surface area (Å²) in [5.41, 5.74) is 2.02. The molecule has 0 saturated carbocycles. The molecule has 2 N–H and O–H groups in total. The fourth-order valence-electron chi connectivity index (χ4n) is 7.47. The number of hydrogen-bond donors (Lipinski definition) is 2. The van der Waals surface area contributed by atoms with Crippen LogP contribution >= 0.6 is 0 Å². The highest BCUT2D eigenvalue weighted by atomic mass is 32.2. The van der Waals surface area contributed by atoms with E-state index in [4.69, 9.17) is 28.4 Å². The first-order valence-corrected chi connectivity index (χ1v) is 20.7. The normalized spacial score (nSPS) is 29.8. The van der Waals surface area contributed by atoms with Crippen molar-refractivity contribution in [1.29, 1.82) is 0 Å². The molecule has 3 aliphatic rings. The SMILES string of the molecule is C=CCOC/C=C/[C@H]1CC(=C)[C@H](CC[C@H]2C[C@@H](C)C(=C)[C@@H](C[C@@H]3O[C@H](C[C@H](O)CNC(=O)OCCCC)[C@H](OC)[C@H]3CS(=O)(=O)c3ccccc3)O2)O1. The van der Waals surface area contributed by atoms with Gasteiger partial charge in [-0.15, -0.1) is 6.58 Å². The van der Waals surface area contributed by atoms with Gasteiger partial charge in [-0.05, 0) is 54.9 Å². The molecule has 296 valence electrons. The van der Waals surface area contributed by atoms with Gasteiger partial charge in [0.25, 0.3) is 0 Å². The summed E-state index contributed by atoms with van der Waals surface area (Å²) < 4.78 is 63.6. The van der Waals surface area contributed by atoms with Gasteiger partial charge in [-0.3, -0.25) is 0 Å². The Hall–Kier alpha value is -2.84. The molecule has 0 radical (unpaired) electrons. The van der Waals surface area contributed by atoms with Crippen molar-refractivity contribution in [2.24, 2.45) is 11.8 Å². The van der Waals surface area contributed by atoms with Crippen LogP contribution in [0, 0.1) is 11.8 Å². The zero-order valence-electron chi connectivity index (χ0n) is 31.7. The number of benzene rings is 1. The smallest absolute Gasteiger partial charge is 0.407 e. The summed E-state index contributed by atoms with van der Waals surface area (Å²) in [4.78, 5) is 12.3. The number of ether oxygens (including phenoxy) is 6. The van der Waals surface area contributed by atoms with E-state index in [1.54, 1.807) is 36.4 Å². The summed E-state index contributed by atoms with van der Waals surface area (Å²) in [6.07, 6.45) is 7.13. The second kappa shape index (κ2) is 21.3. The van der Waals surface area contributed by atoms with E-state index in [-0.39, 0.29) is 53.9 Å². The number of amides is 1. The number of aliphatic hydroxyl groups is 1. The Morgan fingerprint density at radius 1 is 1.09 bits per heavy atom. The minimum atomic E-state index is -3.72. The second-order valence-electron chi connectivity index (χ2n) is 14.5. The van der Waals surface area contributed by atoms with Crippen LogP contribution < -0.4 is 5.32 Å². The Balaban J connectivity index is 1.42. The molecule has 10 atom stereocenters. The molecule has 4 rings (SSSR count). The molecule has 0 bridgehead atoms. The van der Waals surface area contributed by atoms with E-state index < -0.39 is 46.3 Å². The Morgan fingerprint density at radius 3 is 2.58 bits per heavy atom. The molecular formula is C41H61NO10S. The molecule has 11 nitrogen and oxygen atoms in total. The van der Waals surface area contributed by atoms with Crippen molar-refractivity contribution >= 4 is 15.9 Å². The summed E-state index contributed by atoms with van der Waals surface area (Å²) in [6, 6.07) is 8.36. The number of carbonyl (C=O) groups is 1. The number of nitrogens with one attached hydrogen (secondary N) is 1. The summed E-state index contributed by atoms with van der Waals surface area (Å²) in [6.45, 7) is 17.8. The van der Waals surface area contributed by atoms with Gasteiger partial charge in [0.2, 0.25) is 0 Å². The van der Waals surface area contributed by atoms with Crippen LogP contribution in [0.15, 0.2) is 84.3 Å². The highest BCUT2D eigenvalue weighted by Crippen LogP contribution is 2.41. The molecule has 1 aromatic carbocycles. The molecule has 0 aliphatic carbocycles. The molecule has 3 heterocycles. The summed E-state index contributed by atoms with van der Waals surface area (Å²) in [5, 5.41) is 13.5. The lowest BCUT2D eigenvalue weighted by Gasteiger charge is -2.38. The molecule has 3 fully saturated rings. The van der Waals surface area contributed by atoms with Crippen molar-refractivity contribution in [1.82, 2.24) is 5.32 Å². The second-order valence-corrected chi connectivity index (χ2v) is 16.5. The lowest BCUT2D eigenvalue weighted by Crippen LogP contribution is -2.40. The largest absolute Gasteiger partial charge is 0.450 e. The Bertz CT molecular complexity index is 1470. The molecule has 0 unspecified atom stereocenters. The Labute approximate surface area is 316 Å². The van der Waals surface area contributed by atoms with Crippen molar-refractivity contribution in [3.05, 3.63) is 79.4 Å². The van der Waals surface area contributed by atoms with Crippen molar-refractivity contribution < 1.29 is 46.7 Å². The highest BCUT2D eigenvalue weighted by molar-refractivity contribution is 7.91. The fraction of sp³-hybridized carbons (Fsp3) is 0.634. The Morgan fingerprint density at radius 2 is 1.87 bits per heavy atom. The number of carbonyl (C=O) groups excluding carboxylic acids is 1. The molecule has 1 amide bonds. The van der Waals surface area contributed by atoms with Gasteiger partial charge in [-0.1, -0.05) is 69.9 Å². The maximum absolute atomic E-state index is 13.7. The van der Waals surface area contributed by atoms with E-state index in [0.29, 0.717) is 26.2 Å². The third kappa shape index (κ3) is 12.9. The van der Waals surface area contributed by atoms with Crippen LogP contribution in [0.25, 0.3) is 0 Å². The summed E-state index contributed by atoms with van der Waals surface area (Å²) >= 11 is 0. The molecular weight excluding hydrogens is 699 g/mol. The number of hydrogen-bond acceptors (Lipinski definition) is 10. The molecule has 12 heteroatoms. The zero-order valence-corrected chi connectivity index (χ0v) is 32.6. The third-order valence-electron chi connectivity index (χ3n) is 10.4. The number of sulfone groups is 1. The summed E-state index contributed by atoms with van der Waals surface area (Å²) in [5.74, 6) is -0.571. The van der Waals surface area contributed by atoms with Gasteiger partial charge >= 0.3 is 6.09 Å². The first-order chi connectivity index (χ1) is 25.4. The van der Waals surface area contributed by atoms with Crippen LogP contribution in [0.1, 0.15) is 65.2 Å². The third-order valence-corrected chi connectivity index (χ3v) is 12.2. The number of methoxy groups -OCH3 is 1. The van der Waals surface area contributed by atoms with E-state index in [1.165, 1.54) is 7.11 Å². The maximum atomic E-state index is 13.7. The minimum absolute atomic E-state index is 0.0299. The van der Waals surface area contributed by atoms with Gasteiger partial charge in [-0.2, -0.15) is 0 Å². The van der Waals surface area contributed by atoms with Crippen molar-refractivity contribution in [2.45, 2.75) is 119 Å². The maximum Gasteiger partial charge on any atom is 0.407 e. The average molecular weight is 760 g/mol. The zero-order chi connectivity index (χ0) is 38.4. The van der Waals surface area contributed by atoms with Crippen LogP contribution in [0.2, 0.25) is 0 Å². The monoisotopic (exact) mass is 759 g/mol. The summed E-state index contributed by atoms with van der Waals surface area (Å²) in [7, 11) is -2.18. The number of aliphatic hydroxyl groups excluding tert-OH is 1. The van der Waals surface area contributed by atoms with Gasteiger partial charge in [-0.25, -0.2) is 13.2 Å². The van der Waals surface area contributed by atoms with Gasteiger partial charge in [0, 0.05) is 38.8 Å². The predicted octanol–water partition coefficient (Wildman–Crippen LogP) is 6.13. The molecule has 3 saturated heterocycles. The molecule has 0 spiro atoms.